The molecule has 0 heterocycles. The Morgan fingerprint density at radius 2 is 2.25 bits per heavy atom. The van der Waals surface area contributed by atoms with Crippen molar-refractivity contribution in [2.45, 2.75) is 25.9 Å². The lowest BCUT2D eigenvalue weighted by Crippen LogP contribution is -2.43. The summed E-state index contributed by atoms with van der Waals surface area (Å²) in [6.45, 7) is 6.22. The van der Waals surface area contributed by atoms with Gasteiger partial charge in [0.15, 0.2) is 0 Å². The van der Waals surface area contributed by atoms with Crippen molar-refractivity contribution < 1.29 is 14.6 Å². The minimum atomic E-state index is -0.301. The van der Waals surface area contributed by atoms with Gasteiger partial charge in [-0.15, -0.1) is 0 Å². The molecule has 2 amide bonds. The number of carbonyl (C=O) groups excluding carboxylic acids is 1. The molecule has 0 saturated heterocycles. The Morgan fingerprint density at radius 3 is 2.90 bits per heavy atom. The molecule has 5 nitrogen and oxygen atoms in total. The quantitative estimate of drug-likeness (QED) is 0.635. The van der Waals surface area contributed by atoms with Crippen LogP contribution in [-0.2, 0) is 6.54 Å². The van der Waals surface area contributed by atoms with Crippen LogP contribution in [0, 0.1) is 0 Å². The van der Waals surface area contributed by atoms with Gasteiger partial charge in [-0.2, -0.15) is 0 Å². The molecule has 1 aromatic carbocycles. The smallest absolute Gasteiger partial charge is 0.315 e. The molecule has 1 unspecified atom stereocenters. The molecule has 5 heteroatoms. The number of hydrogen-bond donors (Lipinski definition) is 3. The summed E-state index contributed by atoms with van der Waals surface area (Å²) in [6.07, 6.45) is 2.35. The van der Waals surface area contributed by atoms with E-state index < -0.39 is 0 Å². The summed E-state index contributed by atoms with van der Waals surface area (Å²) in [7, 11) is 0. The Hall–Kier alpha value is -2.01. The Morgan fingerprint density at radius 1 is 1.50 bits per heavy atom. The molecule has 0 saturated carbocycles. The zero-order chi connectivity index (χ0) is 14.8. The van der Waals surface area contributed by atoms with Crippen LogP contribution >= 0.6 is 0 Å². The first-order valence-corrected chi connectivity index (χ1v) is 6.68. The molecular weight excluding hydrogens is 256 g/mol. The standard InChI is InChI=1S/C15H22N2O3/c1-3-9-20-14-8-6-5-7-12(14)10-16-15(19)17-13(4-2)11-18/h3,5-8,13,18H,1,4,9-11H2,2H3,(H2,16,17,19). The molecular formula is C15H22N2O3. The van der Waals surface area contributed by atoms with Crippen LogP contribution < -0.4 is 15.4 Å². The number of rotatable bonds is 8. The maximum absolute atomic E-state index is 11.7. The van der Waals surface area contributed by atoms with Crippen molar-refractivity contribution >= 4 is 6.03 Å². The first-order chi connectivity index (χ1) is 9.71. The van der Waals surface area contributed by atoms with E-state index in [1.807, 2.05) is 31.2 Å². The predicted molar refractivity (Wildman–Crippen MR) is 78.7 cm³/mol. The number of ether oxygens (including phenoxy) is 1. The molecule has 0 bridgehead atoms. The van der Waals surface area contributed by atoms with Crippen LogP contribution in [0.4, 0.5) is 4.79 Å². The number of benzene rings is 1. The monoisotopic (exact) mass is 278 g/mol. The number of nitrogens with one attached hydrogen (secondary N) is 2. The average Bonchev–Trinajstić information content (AvgIpc) is 2.49. The molecule has 1 atom stereocenters. The molecule has 0 aliphatic rings. The maximum Gasteiger partial charge on any atom is 0.315 e. The van der Waals surface area contributed by atoms with Crippen LogP contribution in [0.15, 0.2) is 36.9 Å². The first kappa shape index (κ1) is 16.0. The van der Waals surface area contributed by atoms with E-state index >= 15 is 0 Å². The fourth-order valence-electron chi connectivity index (χ4n) is 1.63. The number of para-hydroxylation sites is 1. The van der Waals surface area contributed by atoms with Crippen LogP contribution in [0.25, 0.3) is 0 Å². The Balaban J connectivity index is 2.52. The van der Waals surface area contributed by atoms with E-state index in [-0.39, 0.29) is 18.7 Å². The van der Waals surface area contributed by atoms with Gasteiger partial charge < -0.3 is 20.5 Å². The molecule has 110 valence electrons. The second kappa shape index (κ2) is 8.98. The number of carbonyl (C=O) groups is 1. The number of amides is 2. The lowest BCUT2D eigenvalue weighted by molar-refractivity contribution is 0.214. The van der Waals surface area contributed by atoms with E-state index in [0.717, 1.165) is 11.3 Å². The average molecular weight is 278 g/mol. The van der Waals surface area contributed by atoms with Crippen LogP contribution in [0.5, 0.6) is 5.75 Å². The third kappa shape index (κ3) is 5.32. The van der Waals surface area contributed by atoms with Gasteiger partial charge in [0.2, 0.25) is 0 Å². The highest BCUT2D eigenvalue weighted by Crippen LogP contribution is 2.17. The Bertz CT molecular complexity index is 431. The summed E-state index contributed by atoms with van der Waals surface area (Å²) in [6, 6.07) is 6.98. The van der Waals surface area contributed by atoms with Crippen molar-refractivity contribution in [1.82, 2.24) is 10.6 Å². The second-order valence-electron chi connectivity index (χ2n) is 4.32. The summed E-state index contributed by atoms with van der Waals surface area (Å²) in [5.41, 5.74) is 0.890. The molecule has 0 fully saturated rings. The normalized spacial score (nSPS) is 11.5. The summed E-state index contributed by atoms with van der Waals surface area (Å²) < 4.78 is 5.51. The van der Waals surface area contributed by atoms with Gasteiger partial charge in [0.05, 0.1) is 12.6 Å². The number of aliphatic hydroxyl groups excluding tert-OH is 1. The van der Waals surface area contributed by atoms with Crippen LogP contribution in [0.3, 0.4) is 0 Å². The fraction of sp³-hybridized carbons (Fsp3) is 0.400. The van der Waals surface area contributed by atoms with Gasteiger partial charge in [-0.1, -0.05) is 37.8 Å². The third-order valence-corrected chi connectivity index (χ3v) is 2.82. The van der Waals surface area contributed by atoms with Crippen LogP contribution in [0.2, 0.25) is 0 Å². The van der Waals surface area contributed by atoms with Crippen molar-refractivity contribution in [1.29, 1.82) is 0 Å². The van der Waals surface area contributed by atoms with Crippen LogP contribution in [0.1, 0.15) is 18.9 Å². The number of urea groups is 1. The van der Waals surface area contributed by atoms with E-state index in [1.54, 1.807) is 6.08 Å². The topological polar surface area (TPSA) is 70.6 Å². The highest BCUT2D eigenvalue weighted by molar-refractivity contribution is 5.74. The van der Waals surface area contributed by atoms with Gasteiger partial charge >= 0.3 is 6.03 Å². The molecule has 0 aliphatic carbocycles. The predicted octanol–water partition coefficient (Wildman–Crippen LogP) is 1.82. The molecule has 1 rings (SSSR count). The van der Waals surface area contributed by atoms with E-state index in [9.17, 15) is 4.79 Å². The summed E-state index contributed by atoms with van der Waals surface area (Å²) in [5.74, 6) is 0.724. The highest BCUT2D eigenvalue weighted by atomic mass is 16.5. The molecule has 20 heavy (non-hydrogen) atoms. The molecule has 0 aliphatic heterocycles. The van der Waals surface area contributed by atoms with Gasteiger partial charge in [-0.25, -0.2) is 4.79 Å². The molecule has 1 aromatic rings. The lowest BCUT2D eigenvalue weighted by atomic mass is 10.2. The minimum Gasteiger partial charge on any atom is -0.489 e. The number of hydrogen-bond acceptors (Lipinski definition) is 3. The van der Waals surface area contributed by atoms with Crippen molar-refractivity contribution in [2.24, 2.45) is 0 Å². The van der Waals surface area contributed by atoms with Gasteiger partial charge in [0.1, 0.15) is 12.4 Å². The minimum absolute atomic E-state index is 0.0665. The molecule has 0 aromatic heterocycles. The van der Waals surface area contributed by atoms with Crippen molar-refractivity contribution in [3.05, 3.63) is 42.5 Å². The van der Waals surface area contributed by atoms with Crippen molar-refractivity contribution in [3.8, 4) is 5.75 Å². The zero-order valence-corrected chi connectivity index (χ0v) is 11.8. The third-order valence-electron chi connectivity index (χ3n) is 2.82. The van der Waals surface area contributed by atoms with E-state index in [2.05, 4.69) is 17.2 Å². The summed E-state index contributed by atoms with van der Waals surface area (Å²) in [5, 5.41) is 14.5. The van der Waals surface area contributed by atoms with E-state index in [0.29, 0.717) is 19.6 Å². The summed E-state index contributed by atoms with van der Waals surface area (Å²) in [4.78, 5) is 11.7. The SMILES string of the molecule is C=CCOc1ccccc1CNC(=O)NC(CC)CO. The van der Waals surface area contributed by atoms with Gasteiger partial charge in [-0.3, -0.25) is 0 Å². The molecule has 0 radical (unpaired) electrons. The van der Waals surface area contributed by atoms with Crippen molar-refractivity contribution in [3.63, 3.8) is 0 Å². The van der Waals surface area contributed by atoms with Gasteiger partial charge in [0.25, 0.3) is 0 Å². The highest BCUT2D eigenvalue weighted by Gasteiger charge is 2.09. The largest absolute Gasteiger partial charge is 0.489 e. The lowest BCUT2D eigenvalue weighted by Gasteiger charge is -2.15. The first-order valence-electron chi connectivity index (χ1n) is 6.68. The zero-order valence-electron chi connectivity index (χ0n) is 11.8. The van der Waals surface area contributed by atoms with Crippen molar-refractivity contribution in [2.75, 3.05) is 13.2 Å². The van der Waals surface area contributed by atoms with Gasteiger partial charge in [-0.05, 0) is 12.5 Å². The van der Waals surface area contributed by atoms with E-state index in [1.165, 1.54) is 0 Å². The van der Waals surface area contributed by atoms with Gasteiger partial charge in [0, 0.05) is 12.1 Å². The second-order valence-corrected chi connectivity index (χ2v) is 4.32. The maximum atomic E-state index is 11.7. The summed E-state index contributed by atoms with van der Waals surface area (Å²) >= 11 is 0. The Labute approximate surface area is 119 Å². The number of aliphatic hydroxyl groups is 1. The fourth-order valence-corrected chi connectivity index (χ4v) is 1.63. The molecule has 3 N–H and O–H groups in total. The Kier molecular flexibility index (Phi) is 7.21. The molecule has 0 spiro atoms. The van der Waals surface area contributed by atoms with E-state index in [4.69, 9.17) is 9.84 Å². The van der Waals surface area contributed by atoms with Crippen LogP contribution in [-0.4, -0.2) is 30.4 Å².